The lowest BCUT2D eigenvalue weighted by atomic mass is 10.1. The molecule has 2 rings (SSSR count). The number of H-pyrrole nitrogens is 1. The van der Waals surface area contributed by atoms with Crippen LogP contribution >= 0.6 is 11.5 Å². The summed E-state index contributed by atoms with van der Waals surface area (Å²) in [6, 6.07) is 1.90. The van der Waals surface area contributed by atoms with Crippen molar-refractivity contribution in [3.05, 3.63) is 27.8 Å². The Bertz CT molecular complexity index is 596. The summed E-state index contributed by atoms with van der Waals surface area (Å²) in [4.78, 5) is 26.6. The highest BCUT2D eigenvalue weighted by atomic mass is 32.1. The third-order valence-electron chi connectivity index (χ3n) is 2.65. The first-order valence-corrected chi connectivity index (χ1v) is 5.94. The van der Waals surface area contributed by atoms with E-state index in [2.05, 4.69) is 9.36 Å². The van der Waals surface area contributed by atoms with Crippen LogP contribution in [0.1, 0.15) is 38.2 Å². The van der Waals surface area contributed by atoms with Gasteiger partial charge in [-0.2, -0.15) is 4.37 Å². The molecule has 88 valence electrons. The van der Waals surface area contributed by atoms with Crippen molar-refractivity contribution in [1.82, 2.24) is 9.36 Å². The number of carbonyl (C=O) groups excluding carboxylic acids is 2. The molecule has 0 bridgehead atoms. The first kappa shape index (κ1) is 11.7. The van der Waals surface area contributed by atoms with E-state index in [-0.39, 0.29) is 5.78 Å². The van der Waals surface area contributed by atoms with Gasteiger partial charge in [0, 0.05) is 17.4 Å². The molecule has 0 saturated carbocycles. The van der Waals surface area contributed by atoms with Gasteiger partial charge >= 0.3 is 0 Å². The van der Waals surface area contributed by atoms with E-state index in [1.165, 1.54) is 18.5 Å². The number of aromatic amines is 1. The number of nitrogens with zero attached hydrogens (tertiary/aromatic N) is 1. The standard InChI is InChI=1S/C12H12N2O2S/c1-6-4-10(14-17-6)12-9(5-15)7(2)11(13-12)8(3)16/h4-5,13H,1-3H3. The first-order valence-electron chi connectivity index (χ1n) is 5.17. The molecule has 0 fully saturated rings. The van der Waals surface area contributed by atoms with E-state index in [1.54, 1.807) is 6.92 Å². The van der Waals surface area contributed by atoms with E-state index < -0.39 is 0 Å². The number of ketones is 1. The highest BCUT2D eigenvalue weighted by Crippen LogP contribution is 2.27. The summed E-state index contributed by atoms with van der Waals surface area (Å²) < 4.78 is 4.25. The third-order valence-corrected chi connectivity index (χ3v) is 3.35. The summed E-state index contributed by atoms with van der Waals surface area (Å²) in [5.41, 5.74) is 3.03. The van der Waals surface area contributed by atoms with Crippen LogP contribution in [0, 0.1) is 13.8 Å². The molecule has 2 heterocycles. The van der Waals surface area contributed by atoms with Crippen LogP contribution in [0.4, 0.5) is 0 Å². The summed E-state index contributed by atoms with van der Waals surface area (Å²) in [5.74, 6) is -0.0798. The van der Waals surface area contributed by atoms with Crippen molar-refractivity contribution in [2.24, 2.45) is 0 Å². The minimum Gasteiger partial charge on any atom is -0.350 e. The largest absolute Gasteiger partial charge is 0.350 e. The minimum absolute atomic E-state index is 0.0798. The number of Topliss-reactive ketones (excluding diaryl/α,β-unsaturated/α-hetero) is 1. The molecule has 0 aromatic carbocycles. The lowest BCUT2D eigenvalue weighted by Gasteiger charge is -1.92. The van der Waals surface area contributed by atoms with Crippen molar-refractivity contribution in [3.63, 3.8) is 0 Å². The molecule has 0 radical (unpaired) electrons. The van der Waals surface area contributed by atoms with Crippen LogP contribution in [0.3, 0.4) is 0 Å². The number of rotatable bonds is 3. The number of aldehydes is 1. The summed E-state index contributed by atoms with van der Waals surface area (Å²) in [5, 5.41) is 0. The normalized spacial score (nSPS) is 10.5. The second-order valence-corrected chi connectivity index (χ2v) is 4.92. The molecule has 0 aliphatic heterocycles. The average Bonchev–Trinajstić information content (AvgIpc) is 2.82. The maximum Gasteiger partial charge on any atom is 0.176 e. The fourth-order valence-electron chi connectivity index (χ4n) is 1.79. The van der Waals surface area contributed by atoms with Crippen LogP contribution in [0.5, 0.6) is 0 Å². The van der Waals surface area contributed by atoms with Crippen molar-refractivity contribution >= 4 is 23.6 Å². The van der Waals surface area contributed by atoms with Gasteiger partial charge in [-0.3, -0.25) is 9.59 Å². The van der Waals surface area contributed by atoms with Gasteiger partial charge in [0.25, 0.3) is 0 Å². The summed E-state index contributed by atoms with van der Waals surface area (Å²) in [6.07, 6.45) is 0.766. The number of hydrogen-bond acceptors (Lipinski definition) is 4. The monoisotopic (exact) mass is 248 g/mol. The predicted molar refractivity (Wildman–Crippen MR) is 66.8 cm³/mol. The van der Waals surface area contributed by atoms with Crippen molar-refractivity contribution in [2.75, 3.05) is 0 Å². The molecule has 0 amide bonds. The number of nitrogens with one attached hydrogen (secondary N) is 1. The van der Waals surface area contributed by atoms with E-state index in [4.69, 9.17) is 0 Å². The van der Waals surface area contributed by atoms with Crippen LogP contribution in [-0.2, 0) is 0 Å². The average molecular weight is 248 g/mol. The quantitative estimate of drug-likeness (QED) is 0.671. The molecule has 0 aliphatic carbocycles. The van der Waals surface area contributed by atoms with E-state index in [1.807, 2.05) is 13.0 Å². The molecule has 17 heavy (non-hydrogen) atoms. The molecule has 0 aliphatic rings. The summed E-state index contributed by atoms with van der Waals surface area (Å²) in [7, 11) is 0. The Morgan fingerprint density at radius 2 is 2.18 bits per heavy atom. The Morgan fingerprint density at radius 1 is 1.47 bits per heavy atom. The second-order valence-electron chi connectivity index (χ2n) is 3.91. The van der Waals surface area contributed by atoms with Crippen LogP contribution < -0.4 is 0 Å². The van der Waals surface area contributed by atoms with Crippen LogP contribution in [0.2, 0.25) is 0 Å². The highest BCUT2D eigenvalue weighted by Gasteiger charge is 2.18. The number of aryl methyl sites for hydroxylation is 1. The molecule has 0 saturated heterocycles. The molecule has 4 nitrogen and oxygen atoms in total. The van der Waals surface area contributed by atoms with Crippen molar-refractivity contribution < 1.29 is 9.59 Å². The van der Waals surface area contributed by atoms with Gasteiger partial charge in [0.15, 0.2) is 12.1 Å². The van der Waals surface area contributed by atoms with Gasteiger partial charge in [0.2, 0.25) is 0 Å². The molecule has 0 unspecified atom stereocenters. The van der Waals surface area contributed by atoms with Gasteiger partial charge < -0.3 is 4.98 Å². The Labute approximate surface area is 103 Å². The predicted octanol–water partition coefficient (Wildman–Crippen LogP) is 2.77. The maximum atomic E-state index is 11.4. The van der Waals surface area contributed by atoms with Gasteiger partial charge in [0.1, 0.15) is 5.69 Å². The Balaban J connectivity index is 2.65. The first-order chi connectivity index (χ1) is 8.04. The number of aromatic nitrogens is 2. The minimum atomic E-state index is -0.0798. The zero-order chi connectivity index (χ0) is 12.6. The fourth-order valence-corrected chi connectivity index (χ4v) is 2.34. The smallest absolute Gasteiger partial charge is 0.176 e. The van der Waals surface area contributed by atoms with Gasteiger partial charge in [-0.1, -0.05) is 0 Å². The van der Waals surface area contributed by atoms with Gasteiger partial charge in [-0.05, 0) is 37.0 Å². The van der Waals surface area contributed by atoms with Crippen molar-refractivity contribution in [1.29, 1.82) is 0 Å². The molecule has 1 N–H and O–H groups in total. The maximum absolute atomic E-state index is 11.4. The fraction of sp³-hybridized carbons (Fsp3) is 0.250. The Hall–Kier alpha value is -1.75. The van der Waals surface area contributed by atoms with Gasteiger partial charge in [-0.15, -0.1) is 0 Å². The molecule has 0 spiro atoms. The van der Waals surface area contributed by atoms with Gasteiger partial charge in [-0.25, -0.2) is 0 Å². The topological polar surface area (TPSA) is 62.8 Å². The zero-order valence-corrected chi connectivity index (χ0v) is 10.6. The Morgan fingerprint density at radius 3 is 2.65 bits per heavy atom. The van der Waals surface area contributed by atoms with E-state index in [9.17, 15) is 9.59 Å². The molecular weight excluding hydrogens is 236 g/mol. The second kappa shape index (κ2) is 4.25. The lowest BCUT2D eigenvalue weighted by Crippen LogP contribution is -1.94. The lowest BCUT2D eigenvalue weighted by molar-refractivity contribution is 0.101. The zero-order valence-electron chi connectivity index (χ0n) is 9.83. The van der Waals surface area contributed by atoms with E-state index >= 15 is 0 Å². The number of hydrogen-bond donors (Lipinski definition) is 1. The van der Waals surface area contributed by atoms with Gasteiger partial charge in [0.05, 0.1) is 11.4 Å². The van der Waals surface area contributed by atoms with Crippen LogP contribution in [0.25, 0.3) is 11.4 Å². The van der Waals surface area contributed by atoms with Crippen molar-refractivity contribution in [3.8, 4) is 11.4 Å². The molecule has 0 atom stereocenters. The summed E-state index contributed by atoms with van der Waals surface area (Å²) >= 11 is 1.37. The molecule has 5 heteroatoms. The van der Waals surface area contributed by atoms with Crippen LogP contribution in [-0.4, -0.2) is 21.4 Å². The Kier molecular flexibility index (Phi) is 2.93. The van der Waals surface area contributed by atoms with Crippen molar-refractivity contribution in [2.45, 2.75) is 20.8 Å². The third kappa shape index (κ3) is 1.93. The summed E-state index contributed by atoms with van der Waals surface area (Å²) in [6.45, 7) is 5.19. The van der Waals surface area contributed by atoms with Crippen LogP contribution in [0.15, 0.2) is 6.07 Å². The van der Waals surface area contributed by atoms with E-state index in [0.29, 0.717) is 28.2 Å². The molecule has 2 aromatic heterocycles. The number of carbonyl (C=O) groups is 2. The highest BCUT2D eigenvalue weighted by molar-refractivity contribution is 7.05. The molecule has 2 aromatic rings. The molecular formula is C12H12N2O2S. The SMILES string of the molecule is CC(=O)c1[nH]c(-c2cc(C)sn2)c(C=O)c1C. The van der Waals surface area contributed by atoms with E-state index in [0.717, 1.165) is 11.2 Å².